The van der Waals surface area contributed by atoms with Crippen LogP contribution in [0.1, 0.15) is 25.7 Å². The van der Waals surface area contributed by atoms with Gasteiger partial charge in [0.05, 0.1) is 12.8 Å². The van der Waals surface area contributed by atoms with E-state index in [1.165, 1.54) is 0 Å². The van der Waals surface area contributed by atoms with E-state index >= 15 is 0 Å². The van der Waals surface area contributed by atoms with Gasteiger partial charge >= 0.3 is 71.1 Å². The van der Waals surface area contributed by atoms with Crippen LogP contribution in [-0.4, -0.2) is 60.3 Å². The third kappa shape index (κ3) is 59.4. The Morgan fingerprint density at radius 3 is 1.16 bits per heavy atom. The van der Waals surface area contributed by atoms with Crippen LogP contribution >= 0.6 is 0 Å². The van der Waals surface area contributed by atoms with Gasteiger partial charge < -0.3 is 46.8 Å². The number of rotatable bonds is 10. The van der Waals surface area contributed by atoms with Crippen molar-refractivity contribution in [2.45, 2.75) is 25.7 Å². The van der Waals surface area contributed by atoms with Crippen molar-refractivity contribution in [3.05, 3.63) is 0 Å². The Balaban J connectivity index is -0.0000000771. The van der Waals surface area contributed by atoms with Gasteiger partial charge in [-0.1, -0.05) is 0 Å². The number of carboxylic acids is 4. The second-order valence-electron chi connectivity index (χ2n) is 3.86. The summed E-state index contributed by atoms with van der Waals surface area (Å²) < 4.78 is 0. The summed E-state index contributed by atoms with van der Waals surface area (Å²) in [6, 6.07) is 0. The van der Waals surface area contributed by atoms with Crippen LogP contribution in [0.3, 0.4) is 0 Å². The Morgan fingerprint density at radius 2 is 1.00 bits per heavy atom. The second-order valence-corrected chi connectivity index (χ2v) is 3.86. The van der Waals surface area contributed by atoms with Crippen LogP contribution in [-0.2, 0) is 19.2 Å². The van der Waals surface area contributed by atoms with Gasteiger partial charge in [0.2, 0.25) is 0 Å². The first kappa shape index (κ1) is 35.8. The molecule has 11 nitrogen and oxygen atoms in total. The number of carboxylic acid groups (broad SMARTS) is 4. The summed E-state index contributed by atoms with van der Waals surface area (Å²) in [5.74, 6) is -4.89. The molecule has 0 aromatic rings. The van der Waals surface area contributed by atoms with Crippen LogP contribution in [0.15, 0.2) is 0 Å². The van der Waals surface area contributed by atoms with E-state index in [1.807, 2.05) is 0 Å². The Bertz CT molecular complexity index is 299. The molecule has 13 heteroatoms. The van der Waals surface area contributed by atoms with Crippen LogP contribution in [0.2, 0.25) is 0 Å². The van der Waals surface area contributed by atoms with Gasteiger partial charge in [-0.3, -0.25) is 9.59 Å². The number of nitrogens with one attached hydrogen (secondary N) is 1. The van der Waals surface area contributed by atoms with Crippen molar-refractivity contribution in [2.75, 3.05) is 26.2 Å². The van der Waals surface area contributed by atoms with Gasteiger partial charge in [-0.2, -0.15) is 0 Å². The van der Waals surface area contributed by atoms with Crippen molar-refractivity contribution in [2.24, 2.45) is 11.5 Å². The van der Waals surface area contributed by atoms with Crippen molar-refractivity contribution in [3.63, 3.8) is 0 Å². The van der Waals surface area contributed by atoms with Crippen molar-refractivity contribution >= 4 is 23.9 Å². The van der Waals surface area contributed by atoms with E-state index in [9.17, 15) is 29.4 Å². The average Bonchev–Trinajstić information content (AvgIpc) is 2.45. The standard InChI is InChI=1S/C4H13N3.2C4H6O4.2Na/c5-1-3-7-4-2-6;2*5-3(6)1-2-4(7)8;;/h7H,1-6H2;2*1-2H2,(H,5,6)(H,7,8);;/q;;;2*+1/p-2. The second kappa shape index (κ2) is 28.6. The molecular formula is C12H23N3Na2O8. The molecule has 0 bridgehead atoms. The fourth-order valence-electron chi connectivity index (χ4n) is 0.747. The molecule has 0 radical (unpaired) electrons. The quantitative estimate of drug-likeness (QED) is 0.176. The SMILES string of the molecule is NCCNCCN.O=C(O)CCC(=O)O.O=C([O-])CCC(=O)[O-].[Na+].[Na+]. The Labute approximate surface area is 190 Å². The minimum absolute atomic E-state index is 0. The zero-order chi connectivity index (χ0) is 18.7. The van der Waals surface area contributed by atoms with Crippen molar-refractivity contribution in [3.8, 4) is 0 Å². The maximum atomic E-state index is 9.64. The molecule has 0 rings (SSSR count). The average molecular weight is 383 g/mol. The molecule has 0 atom stereocenters. The van der Waals surface area contributed by atoms with Crippen molar-refractivity contribution in [1.82, 2.24) is 5.32 Å². The topological polar surface area (TPSA) is 219 Å². The largest absolute Gasteiger partial charge is 1.00 e. The zero-order valence-electron chi connectivity index (χ0n) is 14.7. The van der Waals surface area contributed by atoms with E-state index in [4.69, 9.17) is 21.7 Å². The van der Waals surface area contributed by atoms with Crippen molar-refractivity contribution < 1.29 is 98.7 Å². The van der Waals surface area contributed by atoms with Gasteiger partial charge in [0.25, 0.3) is 0 Å². The van der Waals surface area contributed by atoms with Crippen LogP contribution in [0.5, 0.6) is 0 Å². The number of nitrogens with two attached hydrogens (primary N) is 2. The Kier molecular flexibility index (Phi) is 40.9. The Morgan fingerprint density at radius 1 is 0.720 bits per heavy atom. The summed E-state index contributed by atoms with van der Waals surface area (Å²) in [5, 5.41) is 37.8. The fourth-order valence-corrected chi connectivity index (χ4v) is 0.747. The zero-order valence-corrected chi connectivity index (χ0v) is 18.7. The fraction of sp³-hybridized carbons (Fsp3) is 0.667. The molecule has 0 saturated heterocycles. The monoisotopic (exact) mass is 383 g/mol. The van der Waals surface area contributed by atoms with E-state index in [0.29, 0.717) is 13.1 Å². The van der Waals surface area contributed by atoms with Gasteiger partial charge in [0.15, 0.2) is 0 Å². The summed E-state index contributed by atoms with van der Waals surface area (Å²) in [6.45, 7) is 3.13. The minimum atomic E-state index is -1.37. The first-order valence-corrected chi connectivity index (χ1v) is 6.61. The summed E-state index contributed by atoms with van der Waals surface area (Å²) in [5.41, 5.74) is 10.3. The molecule has 0 spiro atoms. The van der Waals surface area contributed by atoms with Crippen LogP contribution in [0.25, 0.3) is 0 Å². The van der Waals surface area contributed by atoms with Crippen LogP contribution < -0.4 is 86.1 Å². The van der Waals surface area contributed by atoms with Gasteiger partial charge in [-0.05, 0) is 12.8 Å². The van der Waals surface area contributed by atoms with Gasteiger partial charge in [0.1, 0.15) is 0 Å². The molecule has 0 aliphatic heterocycles. The van der Waals surface area contributed by atoms with E-state index in [1.54, 1.807) is 0 Å². The number of hydrogen-bond donors (Lipinski definition) is 5. The van der Waals surface area contributed by atoms with Crippen LogP contribution in [0, 0.1) is 0 Å². The summed E-state index contributed by atoms with van der Waals surface area (Å²) in [6.07, 6.45) is -1.53. The number of aliphatic carboxylic acids is 4. The number of carbonyl (C=O) groups excluding carboxylic acids is 2. The molecule has 0 aliphatic rings. The molecule has 0 aromatic heterocycles. The molecule has 0 aromatic carbocycles. The molecule has 0 saturated carbocycles. The molecule has 0 fully saturated rings. The molecule has 0 heterocycles. The predicted octanol–water partition coefficient (Wildman–Crippen LogP) is -10.3. The third-order valence-corrected chi connectivity index (χ3v) is 1.73. The van der Waals surface area contributed by atoms with Gasteiger partial charge in [-0.15, -0.1) is 0 Å². The predicted molar refractivity (Wildman–Crippen MR) is 74.7 cm³/mol. The first-order chi connectivity index (χ1) is 10.7. The van der Waals surface area contributed by atoms with E-state index < -0.39 is 36.7 Å². The molecule has 25 heavy (non-hydrogen) atoms. The molecule has 0 unspecified atom stereocenters. The normalized spacial score (nSPS) is 8.08. The van der Waals surface area contributed by atoms with Gasteiger partial charge in [-0.25, -0.2) is 0 Å². The molecule has 136 valence electrons. The van der Waals surface area contributed by atoms with E-state index in [-0.39, 0.29) is 72.0 Å². The summed E-state index contributed by atoms with van der Waals surface area (Å²) in [4.78, 5) is 38.3. The minimum Gasteiger partial charge on any atom is -0.550 e. The Hall–Kier alpha value is -0.240. The molecular weight excluding hydrogens is 360 g/mol. The number of hydrogen-bond acceptors (Lipinski definition) is 9. The third-order valence-electron chi connectivity index (χ3n) is 1.73. The van der Waals surface area contributed by atoms with Crippen molar-refractivity contribution in [1.29, 1.82) is 0 Å². The first-order valence-electron chi connectivity index (χ1n) is 6.61. The molecule has 0 aliphatic carbocycles. The van der Waals surface area contributed by atoms with Gasteiger partial charge in [0, 0.05) is 38.1 Å². The van der Waals surface area contributed by atoms with E-state index in [2.05, 4.69) is 5.32 Å². The summed E-state index contributed by atoms with van der Waals surface area (Å²) >= 11 is 0. The van der Waals surface area contributed by atoms with E-state index in [0.717, 1.165) is 13.1 Å². The number of carbonyl (C=O) groups is 4. The summed E-state index contributed by atoms with van der Waals surface area (Å²) in [7, 11) is 0. The maximum absolute atomic E-state index is 9.64. The smallest absolute Gasteiger partial charge is 0.550 e. The maximum Gasteiger partial charge on any atom is 1.00 e. The van der Waals surface area contributed by atoms with Crippen LogP contribution in [0.4, 0.5) is 0 Å². The molecule has 0 amide bonds. The molecule has 7 N–H and O–H groups in total.